The van der Waals surface area contributed by atoms with Crippen molar-refractivity contribution in [2.24, 2.45) is 0 Å². The van der Waals surface area contributed by atoms with Crippen molar-refractivity contribution in [2.75, 3.05) is 0 Å². The van der Waals surface area contributed by atoms with Gasteiger partial charge in [-0.05, 0) is 50.1 Å². The monoisotopic (exact) mass is 285 g/mol. The average Bonchev–Trinajstić information content (AvgIpc) is 3.05. The average molecular weight is 285 g/mol. The summed E-state index contributed by atoms with van der Waals surface area (Å²) in [4.78, 5) is 13.9. The summed E-state index contributed by atoms with van der Waals surface area (Å²) in [6, 6.07) is 9.96. The number of rotatable bonds is 1. The molecule has 0 spiro atoms. The summed E-state index contributed by atoms with van der Waals surface area (Å²) in [5.41, 5.74) is 2.88. The van der Waals surface area contributed by atoms with E-state index in [1.54, 1.807) is 11.2 Å². The minimum absolute atomic E-state index is 0.266. The van der Waals surface area contributed by atoms with Crippen molar-refractivity contribution in [3.8, 4) is 11.3 Å². The van der Waals surface area contributed by atoms with Crippen LogP contribution >= 0.6 is 0 Å². The van der Waals surface area contributed by atoms with Crippen LogP contribution in [0.2, 0.25) is 0 Å². The molecule has 0 saturated heterocycles. The first-order valence-electron chi connectivity index (χ1n) is 7.06. The van der Waals surface area contributed by atoms with E-state index in [1.807, 2.05) is 39.0 Å². The standard InChI is InChI=1S/C17H19NO3/c1-17(2,3)21-16(19)18-10-13-7-6-12(9-14(13)11-18)15-5-4-8-20-15/h4-9H,10-11H2,1-3H3. The Morgan fingerprint density at radius 3 is 2.62 bits per heavy atom. The minimum Gasteiger partial charge on any atom is -0.464 e. The van der Waals surface area contributed by atoms with Crippen LogP contribution in [0, 0.1) is 0 Å². The van der Waals surface area contributed by atoms with E-state index >= 15 is 0 Å². The molecule has 0 fully saturated rings. The van der Waals surface area contributed by atoms with Crippen LogP contribution in [0.1, 0.15) is 31.9 Å². The zero-order chi connectivity index (χ0) is 15.0. The fourth-order valence-electron chi connectivity index (χ4n) is 2.45. The number of nitrogens with zero attached hydrogens (tertiary/aromatic N) is 1. The quantitative estimate of drug-likeness (QED) is 0.788. The summed E-state index contributed by atoms with van der Waals surface area (Å²) < 4.78 is 10.8. The lowest BCUT2D eigenvalue weighted by Crippen LogP contribution is -2.33. The molecule has 0 saturated carbocycles. The predicted octanol–water partition coefficient (Wildman–Crippen LogP) is 4.20. The molecule has 0 unspecified atom stereocenters. The van der Waals surface area contributed by atoms with E-state index in [1.165, 1.54) is 0 Å². The molecule has 3 rings (SSSR count). The summed E-state index contributed by atoms with van der Waals surface area (Å²) in [6.07, 6.45) is 1.40. The van der Waals surface area contributed by atoms with Crippen LogP contribution in [-0.2, 0) is 17.8 Å². The first kappa shape index (κ1) is 13.7. The molecule has 1 aliphatic rings. The van der Waals surface area contributed by atoms with Gasteiger partial charge in [0, 0.05) is 18.7 Å². The second kappa shape index (κ2) is 4.95. The summed E-state index contributed by atoms with van der Waals surface area (Å²) in [7, 11) is 0. The third-order valence-electron chi connectivity index (χ3n) is 3.39. The van der Waals surface area contributed by atoms with Crippen LogP contribution in [0.15, 0.2) is 41.0 Å². The van der Waals surface area contributed by atoms with Crippen LogP contribution in [0.25, 0.3) is 11.3 Å². The largest absolute Gasteiger partial charge is 0.464 e. The fraction of sp³-hybridized carbons (Fsp3) is 0.353. The highest BCUT2D eigenvalue weighted by atomic mass is 16.6. The fourth-order valence-corrected chi connectivity index (χ4v) is 2.45. The number of hydrogen-bond donors (Lipinski definition) is 0. The molecule has 0 atom stereocenters. The van der Waals surface area contributed by atoms with Gasteiger partial charge in [0.2, 0.25) is 0 Å². The van der Waals surface area contributed by atoms with Gasteiger partial charge in [0.05, 0.1) is 6.26 Å². The van der Waals surface area contributed by atoms with Gasteiger partial charge in [-0.3, -0.25) is 4.90 Å². The molecule has 1 aromatic heterocycles. The smallest absolute Gasteiger partial charge is 0.410 e. The molecular weight excluding hydrogens is 266 g/mol. The van der Waals surface area contributed by atoms with Gasteiger partial charge < -0.3 is 9.15 Å². The first-order valence-corrected chi connectivity index (χ1v) is 7.06. The normalized spacial score (nSPS) is 14.1. The van der Waals surface area contributed by atoms with Crippen molar-refractivity contribution in [1.82, 2.24) is 4.90 Å². The summed E-state index contributed by atoms with van der Waals surface area (Å²) in [5.74, 6) is 0.841. The Morgan fingerprint density at radius 2 is 1.95 bits per heavy atom. The van der Waals surface area contributed by atoms with Gasteiger partial charge in [-0.1, -0.05) is 12.1 Å². The van der Waals surface area contributed by atoms with Crippen LogP contribution in [0.4, 0.5) is 4.79 Å². The summed E-state index contributed by atoms with van der Waals surface area (Å²) in [6.45, 7) is 6.82. The van der Waals surface area contributed by atoms with E-state index in [9.17, 15) is 4.79 Å². The lowest BCUT2D eigenvalue weighted by Gasteiger charge is -2.24. The first-order chi connectivity index (χ1) is 9.92. The SMILES string of the molecule is CC(C)(C)OC(=O)N1Cc2ccc(-c3ccco3)cc2C1. The van der Waals surface area contributed by atoms with E-state index in [4.69, 9.17) is 9.15 Å². The molecule has 1 aliphatic heterocycles. The van der Waals surface area contributed by atoms with E-state index in [2.05, 4.69) is 12.1 Å². The van der Waals surface area contributed by atoms with Crippen LogP contribution in [0.5, 0.6) is 0 Å². The van der Waals surface area contributed by atoms with Crippen molar-refractivity contribution in [3.63, 3.8) is 0 Å². The molecular formula is C17H19NO3. The van der Waals surface area contributed by atoms with Crippen LogP contribution in [-0.4, -0.2) is 16.6 Å². The van der Waals surface area contributed by atoms with Gasteiger partial charge in [0.25, 0.3) is 0 Å². The topological polar surface area (TPSA) is 42.7 Å². The van der Waals surface area contributed by atoms with E-state index in [0.717, 1.165) is 22.5 Å². The maximum atomic E-state index is 12.1. The van der Waals surface area contributed by atoms with Crippen LogP contribution in [0.3, 0.4) is 0 Å². The molecule has 2 heterocycles. The molecule has 4 nitrogen and oxygen atoms in total. The Kier molecular flexibility index (Phi) is 3.24. The Labute approximate surface area is 124 Å². The number of carbonyl (C=O) groups excluding carboxylic acids is 1. The maximum Gasteiger partial charge on any atom is 0.410 e. The molecule has 1 aromatic carbocycles. The second-order valence-corrected chi connectivity index (χ2v) is 6.30. The van der Waals surface area contributed by atoms with Gasteiger partial charge in [0.1, 0.15) is 11.4 Å². The number of benzene rings is 1. The Bertz CT molecular complexity index is 653. The molecule has 0 aliphatic carbocycles. The number of fused-ring (bicyclic) bond motifs is 1. The lowest BCUT2D eigenvalue weighted by molar-refractivity contribution is 0.0242. The van der Waals surface area contributed by atoms with E-state index in [0.29, 0.717) is 13.1 Å². The molecule has 0 N–H and O–H groups in total. The van der Waals surface area contributed by atoms with E-state index in [-0.39, 0.29) is 6.09 Å². The number of amides is 1. The minimum atomic E-state index is -0.467. The lowest BCUT2D eigenvalue weighted by atomic mass is 10.1. The molecule has 21 heavy (non-hydrogen) atoms. The van der Waals surface area contributed by atoms with Gasteiger partial charge in [0.15, 0.2) is 0 Å². The molecule has 1 amide bonds. The molecule has 0 radical (unpaired) electrons. The third kappa shape index (κ3) is 2.94. The van der Waals surface area contributed by atoms with Crippen molar-refractivity contribution < 1.29 is 13.9 Å². The van der Waals surface area contributed by atoms with Crippen LogP contribution < -0.4 is 0 Å². The number of hydrogen-bond acceptors (Lipinski definition) is 3. The summed E-state index contributed by atoms with van der Waals surface area (Å²) >= 11 is 0. The van der Waals surface area contributed by atoms with Gasteiger partial charge in [-0.25, -0.2) is 4.79 Å². The Hall–Kier alpha value is -2.23. The third-order valence-corrected chi connectivity index (χ3v) is 3.39. The van der Waals surface area contributed by atoms with Crippen molar-refractivity contribution >= 4 is 6.09 Å². The molecule has 4 heteroatoms. The second-order valence-electron chi connectivity index (χ2n) is 6.30. The van der Waals surface area contributed by atoms with Gasteiger partial charge >= 0.3 is 6.09 Å². The number of furan rings is 1. The maximum absolute atomic E-state index is 12.1. The highest BCUT2D eigenvalue weighted by Crippen LogP contribution is 2.29. The molecule has 2 aromatic rings. The summed E-state index contributed by atoms with van der Waals surface area (Å²) in [5, 5.41) is 0. The predicted molar refractivity (Wildman–Crippen MR) is 79.6 cm³/mol. The number of carbonyl (C=O) groups is 1. The zero-order valence-electron chi connectivity index (χ0n) is 12.6. The number of ether oxygens (including phenoxy) is 1. The van der Waals surface area contributed by atoms with E-state index < -0.39 is 5.60 Å². The van der Waals surface area contributed by atoms with Gasteiger partial charge in [-0.15, -0.1) is 0 Å². The molecule has 0 bridgehead atoms. The van der Waals surface area contributed by atoms with Crippen molar-refractivity contribution in [2.45, 2.75) is 39.5 Å². The van der Waals surface area contributed by atoms with Gasteiger partial charge in [-0.2, -0.15) is 0 Å². The van der Waals surface area contributed by atoms with Crippen molar-refractivity contribution in [3.05, 3.63) is 47.7 Å². The highest BCUT2D eigenvalue weighted by Gasteiger charge is 2.27. The molecule has 110 valence electrons. The Morgan fingerprint density at radius 1 is 1.19 bits per heavy atom. The zero-order valence-corrected chi connectivity index (χ0v) is 12.6. The Balaban J connectivity index is 1.77. The van der Waals surface area contributed by atoms with Crippen molar-refractivity contribution in [1.29, 1.82) is 0 Å². The highest BCUT2D eigenvalue weighted by molar-refractivity contribution is 5.70.